The van der Waals surface area contributed by atoms with E-state index in [-0.39, 0.29) is 19.4 Å². The minimum absolute atomic E-state index is 0.0990. The number of carbonyl (C=O) groups excluding carboxylic acids is 2. The van der Waals surface area contributed by atoms with Crippen molar-refractivity contribution in [3.8, 4) is 0 Å². The topological polar surface area (TPSA) is 175 Å². The third-order valence-electron chi connectivity index (χ3n) is 15.3. The zero-order chi connectivity index (χ0) is 58.9. The molecule has 11 heteroatoms. The lowest BCUT2D eigenvalue weighted by Crippen LogP contribution is -2.61. The number of hydrogen-bond donors (Lipinski definition) is 6. The van der Waals surface area contributed by atoms with Crippen LogP contribution in [0.4, 0.5) is 0 Å². The maximum absolute atomic E-state index is 13.5. The number of unbranched alkanes of at least 4 members (excludes halogenated alkanes) is 30. The number of amides is 1. The van der Waals surface area contributed by atoms with Gasteiger partial charge in [0.05, 0.1) is 25.4 Å². The standard InChI is InChI=1S/C70H123NO10/c1-4-7-10-13-16-19-22-25-27-29-31-32-33-35-37-40-43-46-49-52-55-58-65(75)81-68-67(77)66(76)64(59-72)80-70(68)79-60-61(62(73)56-53-50-47-44-41-38-24-21-18-15-12-9-6-3)71-69(78)63(74)57-54-51-48-45-42-39-36-34-30-28-26-23-20-17-14-11-8-5-2/h16-17,19-20,25-28,31-32,35,37,53,56,61-64,66-68,70,72-74,76-77H,4-15,18,21-24,29-30,33-34,36,38-52,54-55,57-60H2,1-3H3,(H,71,78)/b19-16-,20-17-,27-25-,28-26-,32-31-,37-35-,56-53+. The molecule has 0 aromatic carbocycles. The maximum atomic E-state index is 13.5. The maximum Gasteiger partial charge on any atom is 0.306 e. The van der Waals surface area contributed by atoms with Crippen molar-refractivity contribution in [1.29, 1.82) is 0 Å². The Kier molecular flexibility index (Phi) is 53.6. The van der Waals surface area contributed by atoms with Crippen molar-refractivity contribution in [2.75, 3.05) is 13.2 Å². The van der Waals surface area contributed by atoms with Crippen LogP contribution in [0.25, 0.3) is 0 Å². The van der Waals surface area contributed by atoms with Crippen molar-refractivity contribution in [1.82, 2.24) is 5.32 Å². The van der Waals surface area contributed by atoms with Gasteiger partial charge >= 0.3 is 5.97 Å². The molecule has 0 radical (unpaired) electrons. The van der Waals surface area contributed by atoms with Crippen LogP contribution in [-0.2, 0) is 23.8 Å². The molecule has 0 aromatic rings. The van der Waals surface area contributed by atoms with E-state index in [1.165, 1.54) is 135 Å². The summed E-state index contributed by atoms with van der Waals surface area (Å²) in [4.78, 5) is 26.6. The lowest BCUT2D eigenvalue weighted by molar-refractivity contribution is -0.305. The summed E-state index contributed by atoms with van der Waals surface area (Å²) in [5, 5.41) is 57.1. The predicted octanol–water partition coefficient (Wildman–Crippen LogP) is 16.5. The first-order valence-electron chi connectivity index (χ1n) is 33.4. The van der Waals surface area contributed by atoms with Crippen LogP contribution in [0.5, 0.6) is 0 Å². The summed E-state index contributed by atoms with van der Waals surface area (Å²) in [6.45, 7) is 5.74. The Balaban J connectivity index is 2.67. The number of ether oxygens (including phenoxy) is 3. The van der Waals surface area contributed by atoms with Gasteiger partial charge in [0.1, 0.15) is 24.4 Å². The SMILES string of the molecule is CCCCC/C=C\C/C=C\C/C=C\C/C=C\CCCCCCCC(=O)OC1C(OCC(NC(=O)C(O)CCCCCCCCCC/C=C\C/C=C\CCCCC)C(O)/C=C/CCCCCCCCCCCCC)OC(CO)C(O)C1O. The van der Waals surface area contributed by atoms with E-state index in [2.05, 4.69) is 99.0 Å². The molecule has 1 amide bonds. The van der Waals surface area contributed by atoms with Gasteiger partial charge in [0.2, 0.25) is 5.91 Å². The summed E-state index contributed by atoms with van der Waals surface area (Å²) < 4.78 is 17.6. The van der Waals surface area contributed by atoms with E-state index in [0.717, 1.165) is 103 Å². The molecule has 1 saturated heterocycles. The van der Waals surface area contributed by atoms with Crippen LogP contribution in [0.15, 0.2) is 85.1 Å². The molecule has 468 valence electrons. The molecule has 0 saturated carbocycles. The van der Waals surface area contributed by atoms with Crippen LogP contribution in [0.2, 0.25) is 0 Å². The molecule has 0 bridgehead atoms. The van der Waals surface area contributed by atoms with Crippen LogP contribution in [0.1, 0.15) is 284 Å². The van der Waals surface area contributed by atoms with E-state index >= 15 is 0 Å². The van der Waals surface area contributed by atoms with E-state index in [1.54, 1.807) is 6.08 Å². The average molecular weight is 1140 g/mol. The van der Waals surface area contributed by atoms with Crippen LogP contribution >= 0.6 is 0 Å². The molecule has 8 unspecified atom stereocenters. The highest BCUT2D eigenvalue weighted by molar-refractivity contribution is 5.80. The number of nitrogens with one attached hydrogen (secondary N) is 1. The van der Waals surface area contributed by atoms with Gasteiger partial charge in [-0.15, -0.1) is 0 Å². The van der Waals surface area contributed by atoms with E-state index in [1.807, 2.05) is 6.08 Å². The van der Waals surface area contributed by atoms with Crippen LogP contribution in [-0.4, -0.2) is 99.6 Å². The number of esters is 1. The summed E-state index contributed by atoms with van der Waals surface area (Å²) in [6, 6.07) is -1.03. The zero-order valence-electron chi connectivity index (χ0n) is 51.9. The average Bonchev–Trinajstić information content (AvgIpc) is 3.53. The van der Waals surface area contributed by atoms with Crippen LogP contribution in [0, 0.1) is 0 Å². The second-order valence-electron chi connectivity index (χ2n) is 22.8. The number of hydrogen-bond acceptors (Lipinski definition) is 10. The Bertz CT molecular complexity index is 1640. The largest absolute Gasteiger partial charge is 0.454 e. The van der Waals surface area contributed by atoms with Gasteiger partial charge in [-0.1, -0.05) is 260 Å². The fourth-order valence-electron chi connectivity index (χ4n) is 9.96. The normalized spacial score (nSPS) is 19.2. The summed E-state index contributed by atoms with van der Waals surface area (Å²) in [7, 11) is 0. The summed E-state index contributed by atoms with van der Waals surface area (Å²) in [6.07, 6.45) is 64.6. The van der Waals surface area contributed by atoms with Crippen molar-refractivity contribution >= 4 is 11.9 Å². The molecule has 0 aliphatic carbocycles. The molecule has 1 aliphatic rings. The first kappa shape index (κ1) is 75.9. The number of carbonyl (C=O) groups is 2. The Morgan fingerprint density at radius 2 is 0.852 bits per heavy atom. The fraction of sp³-hybridized carbons (Fsp3) is 0.771. The minimum atomic E-state index is -1.63. The lowest BCUT2D eigenvalue weighted by Gasteiger charge is -2.41. The number of aliphatic hydroxyl groups is 5. The first-order chi connectivity index (χ1) is 39.7. The van der Waals surface area contributed by atoms with Crippen LogP contribution < -0.4 is 5.32 Å². The molecular formula is C70H123NO10. The molecule has 6 N–H and O–H groups in total. The van der Waals surface area contributed by atoms with E-state index in [0.29, 0.717) is 12.8 Å². The molecular weight excluding hydrogens is 1010 g/mol. The van der Waals surface area contributed by atoms with Crippen molar-refractivity contribution in [3.63, 3.8) is 0 Å². The number of aliphatic hydroxyl groups excluding tert-OH is 5. The molecule has 1 aliphatic heterocycles. The summed E-state index contributed by atoms with van der Waals surface area (Å²) in [5.41, 5.74) is 0. The zero-order valence-corrected chi connectivity index (χ0v) is 51.9. The highest BCUT2D eigenvalue weighted by Crippen LogP contribution is 2.26. The van der Waals surface area contributed by atoms with Gasteiger partial charge in [-0.3, -0.25) is 9.59 Å². The highest BCUT2D eigenvalue weighted by Gasteiger charge is 2.47. The monoisotopic (exact) mass is 1140 g/mol. The van der Waals surface area contributed by atoms with Crippen molar-refractivity contribution in [3.05, 3.63) is 85.1 Å². The Hall–Kier alpha value is -3.16. The molecule has 1 heterocycles. The van der Waals surface area contributed by atoms with Crippen molar-refractivity contribution < 1.29 is 49.3 Å². The van der Waals surface area contributed by atoms with Crippen molar-refractivity contribution in [2.45, 2.75) is 333 Å². The van der Waals surface area contributed by atoms with Crippen LogP contribution in [0.3, 0.4) is 0 Å². The van der Waals surface area contributed by atoms with Gasteiger partial charge < -0.3 is 45.1 Å². The Morgan fingerprint density at radius 1 is 0.481 bits per heavy atom. The second kappa shape index (κ2) is 57.3. The van der Waals surface area contributed by atoms with E-state index in [4.69, 9.17) is 14.2 Å². The molecule has 0 aromatic heterocycles. The van der Waals surface area contributed by atoms with E-state index < -0.39 is 67.4 Å². The second-order valence-corrected chi connectivity index (χ2v) is 22.8. The van der Waals surface area contributed by atoms with Crippen molar-refractivity contribution in [2.24, 2.45) is 0 Å². The highest BCUT2D eigenvalue weighted by atomic mass is 16.7. The van der Waals surface area contributed by atoms with Gasteiger partial charge in [0.25, 0.3) is 0 Å². The smallest absolute Gasteiger partial charge is 0.306 e. The summed E-state index contributed by atoms with van der Waals surface area (Å²) in [5.74, 6) is -1.22. The Morgan fingerprint density at radius 3 is 1.30 bits per heavy atom. The number of rotatable bonds is 56. The third kappa shape index (κ3) is 45.0. The van der Waals surface area contributed by atoms with Gasteiger partial charge in [-0.25, -0.2) is 0 Å². The molecule has 11 nitrogen and oxygen atoms in total. The minimum Gasteiger partial charge on any atom is -0.454 e. The van der Waals surface area contributed by atoms with E-state index in [9.17, 15) is 35.1 Å². The molecule has 0 spiro atoms. The van der Waals surface area contributed by atoms with Gasteiger partial charge in [0.15, 0.2) is 12.4 Å². The van der Waals surface area contributed by atoms with Gasteiger partial charge in [0, 0.05) is 6.42 Å². The van der Waals surface area contributed by atoms with Gasteiger partial charge in [-0.2, -0.15) is 0 Å². The molecule has 8 atom stereocenters. The first-order valence-corrected chi connectivity index (χ1v) is 33.4. The Labute approximate surface area is 495 Å². The number of allylic oxidation sites excluding steroid dienone is 13. The third-order valence-corrected chi connectivity index (χ3v) is 15.3. The van der Waals surface area contributed by atoms with Gasteiger partial charge in [-0.05, 0) is 103 Å². The molecule has 1 fully saturated rings. The fourth-order valence-corrected chi connectivity index (χ4v) is 9.96. The molecule has 1 rings (SSSR count). The molecule has 81 heavy (non-hydrogen) atoms. The lowest BCUT2D eigenvalue weighted by atomic mass is 9.99. The predicted molar refractivity (Wildman–Crippen MR) is 338 cm³/mol. The quantitative estimate of drug-likeness (QED) is 0.0195. The summed E-state index contributed by atoms with van der Waals surface area (Å²) >= 11 is 0.